The second-order valence-electron chi connectivity index (χ2n) is 12.3. The van der Waals surface area contributed by atoms with Crippen LogP contribution in [0.3, 0.4) is 0 Å². The van der Waals surface area contributed by atoms with Crippen molar-refractivity contribution < 1.29 is 41.6 Å². The number of nitrogens with one attached hydrogen (secondary N) is 5. The van der Waals surface area contributed by atoms with Gasteiger partial charge in [-0.3, -0.25) is 19.2 Å². The molecule has 3 aromatic carbocycles. The smallest absolute Gasteiger partial charge is 0.422 e. The van der Waals surface area contributed by atoms with Gasteiger partial charge in [0.25, 0.3) is 5.91 Å². The molecule has 1 atom stereocenters. The highest BCUT2D eigenvalue weighted by atomic mass is 35.5. The molecular weight excluding hydrogens is 784 g/mol. The van der Waals surface area contributed by atoms with Crippen molar-refractivity contribution in [1.29, 1.82) is 0 Å². The van der Waals surface area contributed by atoms with Crippen molar-refractivity contribution in [3.63, 3.8) is 0 Å². The average Bonchev–Trinajstić information content (AvgIpc) is 3.80. The molecule has 5 N–H and O–H groups in total. The largest absolute Gasteiger partial charge is 0.454 e. The van der Waals surface area contributed by atoms with E-state index in [2.05, 4.69) is 51.7 Å². The molecule has 16 nitrogen and oxygen atoms in total. The molecule has 290 valence electrons. The number of nitrogens with zero attached hydrogens (tertiary/aromatic N) is 5. The number of amides is 3. The first-order valence-corrected chi connectivity index (χ1v) is 17.3. The maximum atomic E-state index is 13.0. The van der Waals surface area contributed by atoms with E-state index in [1.165, 1.54) is 36.4 Å². The van der Waals surface area contributed by atoms with Crippen LogP contribution in [0.5, 0.6) is 6.01 Å². The van der Waals surface area contributed by atoms with E-state index in [1.807, 2.05) is 12.1 Å². The van der Waals surface area contributed by atoms with E-state index in [4.69, 9.17) is 32.5 Å². The van der Waals surface area contributed by atoms with E-state index in [-0.39, 0.29) is 29.0 Å². The summed E-state index contributed by atoms with van der Waals surface area (Å²) in [7, 11) is 0. The van der Waals surface area contributed by atoms with Crippen LogP contribution in [0.15, 0.2) is 77.3 Å². The van der Waals surface area contributed by atoms with E-state index < -0.39 is 59.9 Å². The van der Waals surface area contributed by atoms with Gasteiger partial charge in [-0.15, -0.1) is 0 Å². The lowest BCUT2D eigenvalue weighted by Crippen LogP contribution is -2.49. The Kier molecular flexibility index (Phi) is 11.6. The van der Waals surface area contributed by atoms with Crippen LogP contribution in [0.1, 0.15) is 34.7 Å². The number of aromatic nitrogens is 5. The summed E-state index contributed by atoms with van der Waals surface area (Å²) in [5.41, 5.74) is 1.47. The summed E-state index contributed by atoms with van der Waals surface area (Å²) in [6.07, 6.45) is -3.26. The minimum Gasteiger partial charge on any atom is -0.454 e. The molecule has 1 aliphatic carbocycles. The predicted octanol–water partition coefficient (Wildman–Crippen LogP) is 5.29. The summed E-state index contributed by atoms with van der Waals surface area (Å²) in [6, 6.07) is 17.0. The Morgan fingerprint density at radius 3 is 2.27 bits per heavy atom. The van der Waals surface area contributed by atoms with Crippen LogP contribution < -0.4 is 31.3 Å². The zero-order valence-corrected chi connectivity index (χ0v) is 30.4. The number of hydrogen-bond donors (Lipinski definition) is 5. The van der Waals surface area contributed by atoms with Gasteiger partial charge < -0.3 is 35.8 Å². The molecule has 2 heterocycles. The molecule has 0 spiro atoms. The monoisotopic (exact) mass is 812 g/mol. The van der Waals surface area contributed by atoms with Crippen LogP contribution in [0.2, 0.25) is 5.02 Å². The Hall–Kier alpha value is -6.34. The number of anilines is 4. The first-order valence-electron chi connectivity index (χ1n) is 16.5. The number of alkyl halides is 3. The van der Waals surface area contributed by atoms with Gasteiger partial charge >= 0.3 is 24.0 Å². The summed E-state index contributed by atoms with van der Waals surface area (Å²) < 4.78 is 48.6. The molecule has 56 heavy (non-hydrogen) atoms. The topological polar surface area (TPSA) is 215 Å². The van der Waals surface area contributed by atoms with Crippen molar-refractivity contribution in [2.24, 2.45) is 0 Å². The third-order valence-corrected chi connectivity index (χ3v) is 8.55. The molecule has 0 radical (unpaired) electrons. The fraction of sp³-hybridized carbons (Fsp3) is 0.229. The lowest BCUT2D eigenvalue weighted by molar-refractivity contribution is -0.154. The van der Waals surface area contributed by atoms with Gasteiger partial charge in [-0.25, -0.2) is 0 Å². The maximum absolute atomic E-state index is 13.0. The van der Waals surface area contributed by atoms with Crippen LogP contribution in [0.4, 0.5) is 36.4 Å². The maximum Gasteiger partial charge on any atom is 0.422 e. The first kappa shape index (κ1) is 39.4. The Morgan fingerprint density at radius 2 is 1.62 bits per heavy atom. The second kappa shape index (κ2) is 16.6. The Balaban J connectivity index is 1.06. The summed E-state index contributed by atoms with van der Waals surface area (Å²) in [4.78, 5) is 66.6. The van der Waals surface area contributed by atoms with Crippen LogP contribution in [0, 0.1) is 6.92 Å². The number of ether oxygens (including phenoxy) is 1. The number of rotatable bonds is 14. The van der Waals surface area contributed by atoms with Gasteiger partial charge in [-0.1, -0.05) is 41.0 Å². The molecule has 6 rings (SSSR count). The van der Waals surface area contributed by atoms with Crippen molar-refractivity contribution in [3.8, 4) is 17.4 Å². The number of halogens is 5. The molecule has 21 heteroatoms. The molecule has 1 saturated carbocycles. The lowest BCUT2D eigenvalue weighted by Gasteiger charge is -2.19. The van der Waals surface area contributed by atoms with E-state index in [1.54, 1.807) is 31.2 Å². The highest BCUT2D eigenvalue weighted by molar-refractivity contribution is 6.65. The molecule has 2 aromatic heterocycles. The number of carbonyl (C=O) groups excluding carboxylic acids is 4. The standard InChI is InChI=1S/C35H29Cl2F3N10O6/c1-18-42-27(50-56-18)20-3-2-4-24(15-20)43-30(54)29(53)41-16-25(26(37)51)45-28(52)19-5-11-23(12-6-19)44-31-46-32(48-33(47-31)55-17-35(38,39)40)49-34(13-14-34)21-7-9-22(36)10-8-21/h2-12,15,25H,13-14,16-17H2,1H3,(H,41,53)(H,43,54)(H,45,52)(H2,44,46,47,48,49)/t25-/m0/s1. The molecule has 0 bridgehead atoms. The minimum atomic E-state index is -4.65. The fourth-order valence-corrected chi connectivity index (χ4v) is 5.41. The normalized spacial score (nSPS) is 13.5. The van der Waals surface area contributed by atoms with E-state index in [0.717, 1.165) is 5.56 Å². The van der Waals surface area contributed by atoms with Gasteiger partial charge in [0.15, 0.2) is 6.61 Å². The summed E-state index contributed by atoms with van der Waals surface area (Å²) in [5, 5.41) is 16.4. The van der Waals surface area contributed by atoms with Crippen molar-refractivity contribution >= 4 is 69.4 Å². The highest BCUT2D eigenvalue weighted by Gasteiger charge is 2.45. The van der Waals surface area contributed by atoms with Gasteiger partial charge in [-0.2, -0.15) is 33.1 Å². The van der Waals surface area contributed by atoms with Gasteiger partial charge in [0, 0.05) is 41.0 Å². The fourth-order valence-electron chi connectivity index (χ4n) is 5.15. The molecule has 5 aromatic rings. The highest BCUT2D eigenvalue weighted by Crippen LogP contribution is 2.48. The molecule has 0 saturated heterocycles. The van der Waals surface area contributed by atoms with Gasteiger partial charge in [0.2, 0.25) is 28.9 Å². The molecular formula is C35H29Cl2F3N10O6. The zero-order chi connectivity index (χ0) is 40.0. The van der Waals surface area contributed by atoms with Crippen molar-refractivity contribution in [2.45, 2.75) is 37.5 Å². The van der Waals surface area contributed by atoms with Crippen LogP contribution >= 0.6 is 23.2 Å². The Labute approximate surface area is 324 Å². The number of carbonyl (C=O) groups is 4. The van der Waals surface area contributed by atoms with E-state index >= 15 is 0 Å². The molecule has 1 fully saturated rings. The van der Waals surface area contributed by atoms with Crippen LogP contribution in [-0.2, 0) is 19.9 Å². The van der Waals surface area contributed by atoms with Crippen LogP contribution in [0.25, 0.3) is 11.4 Å². The third-order valence-electron chi connectivity index (χ3n) is 8.04. The predicted molar refractivity (Wildman–Crippen MR) is 195 cm³/mol. The van der Waals surface area contributed by atoms with Gasteiger partial charge in [0.1, 0.15) is 6.04 Å². The molecule has 1 aliphatic rings. The second-order valence-corrected chi connectivity index (χ2v) is 13.1. The molecule has 3 amide bonds. The third kappa shape index (κ3) is 10.4. The molecule has 0 unspecified atom stereocenters. The first-order chi connectivity index (χ1) is 26.6. The van der Waals surface area contributed by atoms with E-state index in [0.29, 0.717) is 35.0 Å². The number of benzene rings is 3. The lowest BCUT2D eigenvalue weighted by atomic mass is 10.1. The Morgan fingerprint density at radius 1 is 0.911 bits per heavy atom. The number of aryl methyl sites for hydroxylation is 1. The summed E-state index contributed by atoms with van der Waals surface area (Å²) >= 11 is 11.7. The quantitative estimate of drug-likeness (QED) is 0.0713. The zero-order valence-electron chi connectivity index (χ0n) is 28.9. The van der Waals surface area contributed by atoms with Crippen LogP contribution in [-0.4, -0.2) is 73.4 Å². The Bertz CT molecular complexity index is 2250. The van der Waals surface area contributed by atoms with Crippen molar-refractivity contribution in [1.82, 2.24) is 35.7 Å². The van der Waals surface area contributed by atoms with Gasteiger partial charge in [-0.05, 0) is 78.5 Å². The van der Waals surface area contributed by atoms with Gasteiger partial charge in [0.05, 0.1) is 5.54 Å². The SMILES string of the molecule is Cc1nc(-c2cccc(NC(=O)C(=O)NC[C@H](NC(=O)c3ccc(Nc4nc(NC5(c6ccc(Cl)cc6)CC5)nc(OCC(F)(F)F)n4)cc3)C(=O)Cl)c2)no1. The number of hydrogen-bond acceptors (Lipinski definition) is 13. The molecule has 0 aliphatic heterocycles. The van der Waals surface area contributed by atoms with Crippen molar-refractivity contribution in [3.05, 3.63) is 94.8 Å². The minimum absolute atomic E-state index is 0.0470. The average molecular weight is 814 g/mol. The van der Waals surface area contributed by atoms with E-state index in [9.17, 15) is 32.3 Å². The summed E-state index contributed by atoms with van der Waals surface area (Å²) in [5.74, 6) is -2.51. The van der Waals surface area contributed by atoms with Crippen molar-refractivity contribution in [2.75, 3.05) is 29.1 Å². The summed E-state index contributed by atoms with van der Waals surface area (Å²) in [6.45, 7) is -0.537.